The van der Waals surface area contributed by atoms with E-state index in [1.807, 2.05) is 25.1 Å². The second-order valence-corrected chi connectivity index (χ2v) is 9.98. The molecule has 0 bridgehead atoms. The summed E-state index contributed by atoms with van der Waals surface area (Å²) < 4.78 is 6.35. The molecular formula is C22H24N4O3S2. The van der Waals surface area contributed by atoms with E-state index in [0.717, 1.165) is 60.0 Å². The molecule has 1 fully saturated rings. The SMILES string of the molecule is CCOC(=O)C1CCc2sc(NC(=O)C3CCN(c4nc5ccccc5s4)CC3)nc21. The molecule has 1 saturated heterocycles. The maximum absolute atomic E-state index is 12.8. The van der Waals surface area contributed by atoms with Crippen molar-refractivity contribution in [2.24, 2.45) is 5.92 Å². The van der Waals surface area contributed by atoms with Crippen LogP contribution in [0.5, 0.6) is 0 Å². The lowest BCUT2D eigenvalue weighted by Gasteiger charge is -2.30. The van der Waals surface area contributed by atoms with Gasteiger partial charge in [0.05, 0.1) is 22.5 Å². The smallest absolute Gasteiger partial charge is 0.315 e. The van der Waals surface area contributed by atoms with Crippen LogP contribution in [0.15, 0.2) is 24.3 Å². The standard InChI is InChI=1S/C22H24N4O3S2/c1-2-29-20(28)14-7-8-17-18(14)24-21(30-17)25-19(27)13-9-11-26(12-10-13)22-23-15-5-3-4-6-16(15)31-22/h3-6,13-14H,2,7-12H2,1H3,(H,24,25,27). The maximum atomic E-state index is 12.8. The van der Waals surface area contributed by atoms with E-state index in [2.05, 4.69) is 21.3 Å². The lowest BCUT2D eigenvalue weighted by Crippen LogP contribution is -2.38. The normalized spacial score (nSPS) is 18.9. The molecular weight excluding hydrogens is 432 g/mol. The monoisotopic (exact) mass is 456 g/mol. The molecule has 31 heavy (non-hydrogen) atoms. The number of piperidine rings is 1. The number of nitrogens with one attached hydrogen (secondary N) is 1. The summed E-state index contributed by atoms with van der Waals surface area (Å²) in [5, 5.41) is 4.62. The number of carbonyl (C=O) groups is 2. The Labute approximate surface area is 188 Å². The predicted octanol–water partition coefficient (Wildman–Crippen LogP) is 4.20. The summed E-state index contributed by atoms with van der Waals surface area (Å²) in [6.07, 6.45) is 3.13. The van der Waals surface area contributed by atoms with Crippen LogP contribution in [0.3, 0.4) is 0 Å². The first-order valence-electron chi connectivity index (χ1n) is 10.7. The molecule has 1 atom stereocenters. The molecule has 0 saturated carbocycles. The van der Waals surface area contributed by atoms with Crippen LogP contribution in [-0.2, 0) is 20.7 Å². The second-order valence-electron chi connectivity index (χ2n) is 7.89. The average Bonchev–Trinajstić information content (AvgIpc) is 3.47. The van der Waals surface area contributed by atoms with Crippen LogP contribution in [0.25, 0.3) is 10.2 Å². The first-order valence-corrected chi connectivity index (χ1v) is 12.3. The van der Waals surface area contributed by atoms with Gasteiger partial charge in [-0.2, -0.15) is 0 Å². The van der Waals surface area contributed by atoms with Crippen molar-refractivity contribution in [1.82, 2.24) is 9.97 Å². The van der Waals surface area contributed by atoms with Crippen molar-refractivity contribution in [3.8, 4) is 0 Å². The van der Waals surface area contributed by atoms with Crippen LogP contribution in [-0.4, -0.2) is 41.5 Å². The Kier molecular flexibility index (Phi) is 5.62. The van der Waals surface area contributed by atoms with Gasteiger partial charge in [0.25, 0.3) is 0 Å². The van der Waals surface area contributed by atoms with Crippen LogP contribution >= 0.6 is 22.7 Å². The third-order valence-corrected chi connectivity index (χ3v) is 8.08. The zero-order valence-electron chi connectivity index (χ0n) is 17.3. The van der Waals surface area contributed by atoms with Gasteiger partial charge in [0, 0.05) is 23.9 Å². The number of aryl methyl sites for hydroxylation is 1. The number of rotatable bonds is 5. The molecule has 162 valence electrons. The van der Waals surface area contributed by atoms with E-state index >= 15 is 0 Å². The lowest BCUT2D eigenvalue weighted by molar-refractivity contribution is -0.145. The fourth-order valence-corrected chi connectivity index (χ4v) is 6.35. The summed E-state index contributed by atoms with van der Waals surface area (Å²) in [5.41, 5.74) is 1.81. The Morgan fingerprint density at radius 2 is 1.97 bits per heavy atom. The quantitative estimate of drug-likeness (QED) is 0.579. The van der Waals surface area contributed by atoms with Crippen molar-refractivity contribution in [3.63, 3.8) is 0 Å². The number of amides is 1. The molecule has 0 spiro atoms. The summed E-state index contributed by atoms with van der Waals surface area (Å²) >= 11 is 3.19. The van der Waals surface area contributed by atoms with Crippen molar-refractivity contribution in [3.05, 3.63) is 34.8 Å². The van der Waals surface area contributed by atoms with Gasteiger partial charge in [0.1, 0.15) is 5.92 Å². The Bertz CT molecular complexity index is 1080. The molecule has 1 unspecified atom stereocenters. The van der Waals surface area contributed by atoms with Gasteiger partial charge in [-0.3, -0.25) is 9.59 Å². The average molecular weight is 457 g/mol. The largest absolute Gasteiger partial charge is 0.465 e. The van der Waals surface area contributed by atoms with E-state index < -0.39 is 0 Å². The first-order chi connectivity index (χ1) is 15.1. The summed E-state index contributed by atoms with van der Waals surface area (Å²) in [7, 11) is 0. The van der Waals surface area contributed by atoms with Gasteiger partial charge in [-0.1, -0.05) is 23.5 Å². The fraction of sp³-hybridized carbons (Fsp3) is 0.455. The molecule has 1 N–H and O–H groups in total. The highest BCUT2D eigenvalue weighted by Crippen LogP contribution is 2.39. The third-order valence-electron chi connectivity index (χ3n) is 5.94. The molecule has 2 aromatic heterocycles. The molecule has 0 radical (unpaired) electrons. The minimum Gasteiger partial charge on any atom is -0.465 e. The number of anilines is 2. The fourth-order valence-electron chi connectivity index (χ4n) is 4.29. The number of nitrogens with zero attached hydrogens (tertiary/aromatic N) is 3. The van der Waals surface area contributed by atoms with E-state index in [1.54, 1.807) is 11.3 Å². The Morgan fingerprint density at radius 3 is 2.74 bits per heavy atom. The zero-order chi connectivity index (χ0) is 21.4. The second kappa shape index (κ2) is 8.55. The topological polar surface area (TPSA) is 84.4 Å². The number of carbonyl (C=O) groups excluding carboxylic acids is 2. The molecule has 1 amide bonds. The molecule has 1 aliphatic carbocycles. The number of hydrogen-bond acceptors (Lipinski definition) is 8. The number of benzene rings is 1. The minimum absolute atomic E-state index is 0.0176. The first kappa shape index (κ1) is 20.4. The Morgan fingerprint density at radius 1 is 1.16 bits per heavy atom. The van der Waals surface area contributed by atoms with Gasteiger partial charge in [0.15, 0.2) is 10.3 Å². The minimum atomic E-state index is -0.297. The number of aromatic nitrogens is 2. The van der Waals surface area contributed by atoms with Crippen molar-refractivity contribution in [2.75, 3.05) is 29.9 Å². The highest BCUT2D eigenvalue weighted by Gasteiger charge is 2.34. The van der Waals surface area contributed by atoms with E-state index in [4.69, 9.17) is 9.72 Å². The summed E-state index contributed by atoms with van der Waals surface area (Å²) in [5.74, 6) is -0.533. The van der Waals surface area contributed by atoms with Crippen molar-refractivity contribution in [1.29, 1.82) is 0 Å². The molecule has 9 heteroatoms. The van der Waals surface area contributed by atoms with Crippen LogP contribution in [0.2, 0.25) is 0 Å². The van der Waals surface area contributed by atoms with Crippen LogP contribution < -0.4 is 10.2 Å². The van der Waals surface area contributed by atoms with Crippen molar-refractivity contribution >= 4 is 55.0 Å². The summed E-state index contributed by atoms with van der Waals surface area (Å²) in [4.78, 5) is 37.6. The van der Waals surface area contributed by atoms with Gasteiger partial charge in [0.2, 0.25) is 5.91 Å². The van der Waals surface area contributed by atoms with Gasteiger partial charge >= 0.3 is 5.97 Å². The number of esters is 1. The van der Waals surface area contributed by atoms with E-state index in [1.165, 1.54) is 16.0 Å². The van der Waals surface area contributed by atoms with Gasteiger partial charge in [-0.15, -0.1) is 11.3 Å². The molecule has 5 rings (SSSR count). The lowest BCUT2D eigenvalue weighted by atomic mass is 9.96. The van der Waals surface area contributed by atoms with Gasteiger partial charge < -0.3 is 15.0 Å². The number of para-hydroxylation sites is 1. The van der Waals surface area contributed by atoms with Crippen molar-refractivity contribution < 1.29 is 14.3 Å². The van der Waals surface area contributed by atoms with E-state index in [-0.39, 0.29) is 23.7 Å². The number of fused-ring (bicyclic) bond motifs is 2. The molecule has 3 heterocycles. The van der Waals surface area contributed by atoms with E-state index in [9.17, 15) is 9.59 Å². The van der Waals surface area contributed by atoms with Crippen LogP contribution in [0.4, 0.5) is 10.3 Å². The number of hydrogen-bond donors (Lipinski definition) is 1. The van der Waals surface area contributed by atoms with E-state index in [0.29, 0.717) is 11.7 Å². The van der Waals surface area contributed by atoms with Crippen LogP contribution in [0, 0.1) is 5.92 Å². The predicted molar refractivity (Wildman–Crippen MR) is 123 cm³/mol. The van der Waals surface area contributed by atoms with Gasteiger partial charge in [-0.05, 0) is 44.7 Å². The van der Waals surface area contributed by atoms with Crippen molar-refractivity contribution in [2.45, 2.75) is 38.5 Å². The molecule has 3 aromatic rings. The Balaban J connectivity index is 1.19. The molecule has 1 aromatic carbocycles. The van der Waals surface area contributed by atoms with Crippen LogP contribution in [0.1, 0.15) is 42.7 Å². The highest BCUT2D eigenvalue weighted by atomic mass is 32.1. The molecule has 2 aliphatic rings. The maximum Gasteiger partial charge on any atom is 0.315 e. The highest BCUT2D eigenvalue weighted by molar-refractivity contribution is 7.22. The molecule has 1 aliphatic heterocycles. The zero-order valence-corrected chi connectivity index (χ0v) is 18.9. The Hall–Kier alpha value is -2.52. The van der Waals surface area contributed by atoms with Gasteiger partial charge in [-0.25, -0.2) is 9.97 Å². The number of thiazole rings is 2. The number of ether oxygens (including phenoxy) is 1. The summed E-state index contributed by atoms with van der Waals surface area (Å²) in [6.45, 7) is 3.81. The molecule has 7 nitrogen and oxygen atoms in total. The third kappa shape index (κ3) is 4.04. The summed E-state index contributed by atoms with van der Waals surface area (Å²) in [6, 6.07) is 8.16.